The molecule has 1 heterocycles. The second-order valence-electron chi connectivity index (χ2n) is 3.93. The van der Waals surface area contributed by atoms with Gasteiger partial charge in [-0.3, -0.25) is 0 Å². The van der Waals surface area contributed by atoms with Crippen molar-refractivity contribution in [2.24, 2.45) is 5.92 Å². The Balaban J connectivity index is 2.45. The molecule has 0 amide bonds. The maximum Gasteiger partial charge on any atom is 0.138 e. The van der Waals surface area contributed by atoms with Crippen LogP contribution in [0.2, 0.25) is 0 Å². The van der Waals surface area contributed by atoms with Crippen molar-refractivity contribution in [1.29, 1.82) is 0 Å². The maximum absolute atomic E-state index is 8.67. The Bertz CT molecular complexity index is 258. The average molecular weight is 197 g/mol. The van der Waals surface area contributed by atoms with Crippen LogP contribution in [0.3, 0.4) is 0 Å². The third-order valence-corrected chi connectivity index (χ3v) is 2.04. The van der Waals surface area contributed by atoms with E-state index in [4.69, 9.17) is 5.11 Å². The van der Waals surface area contributed by atoms with Gasteiger partial charge in [-0.05, 0) is 18.8 Å². The fourth-order valence-electron chi connectivity index (χ4n) is 1.38. The highest BCUT2D eigenvalue weighted by Crippen LogP contribution is 2.04. The summed E-state index contributed by atoms with van der Waals surface area (Å²) >= 11 is 0. The summed E-state index contributed by atoms with van der Waals surface area (Å²) in [6.07, 6.45) is 4.34. The van der Waals surface area contributed by atoms with Crippen molar-refractivity contribution in [3.05, 3.63) is 12.2 Å². The molecule has 1 aromatic rings. The van der Waals surface area contributed by atoms with Gasteiger partial charge in [0.2, 0.25) is 0 Å². The van der Waals surface area contributed by atoms with E-state index in [1.165, 1.54) is 0 Å². The summed E-state index contributed by atoms with van der Waals surface area (Å²) in [7, 11) is 0. The second kappa shape index (κ2) is 5.75. The summed E-state index contributed by atoms with van der Waals surface area (Å²) in [6.45, 7) is 5.52. The predicted molar refractivity (Wildman–Crippen MR) is 54.9 cm³/mol. The van der Waals surface area contributed by atoms with Gasteiger partial charge in [-0.2, -0.15) is 5.10 Å². The van der Waals surface area contributed by atoms with Gasteiger partial charge < -0.3 is 5.11 Å². The predicted octanol–water partition coefficient (Wildman–Crippen LogP) is 1.25. The van der Waals surface area contributed by atoms with Crippen LogP contribution in [0, 0.1) is 5.92 Å². The van der Waals surface area contributed by atoms with E-state index in [1.807, 2.05) is 4.68 Å². The molecule has 80 valence electrons. The molecule has 0 radical (unpaired) electrons. The zero-order valence-electron chi connectivity index (χ0n) is 8.98. The highest BCUT2D eigenvalue weighted by atomic mass is 16.2. The Kier molecular flexibility index (Phi) is 4.59. The molecule has 1 N–H and O–H groups in total. The molecule has 4 nitrogen and oxygen atoms in total. The summed E-state index contributed by atoms with van der Waals surface area (Å²) < 4.78 is 1.96. The van der Waals surface area contributed by atoms with E-state index in [-0.39, 0.29) is 6.61 Å². The minimum Gasteiger partial charge on any atom is -0.396 e. The third kappa shape index (κ3) is 3.46. The topological polar surface area (TPSA) is 50.9 Å². The van der Waals surface area contributed by atoms with Crippen molar-refractivity contribution in [1.82, 2.24) is 14.8 Å². The number of hydrogen-bond acceptors (Lipinski definition) is 3. The van der Waals surface area contributed by atoms with E-state index in [9.17, 15) is 0 Å². The molecule has 0 aliphatic rings. The van der Waals surface area contributed by atoms with Gasteiger partial charge >= 0.3 is 0 Å². The van der Waals surface area contributed by atoms with Gasteiger partial charge in [0.25, 0.3) is 0 Å². The first-order valence-corrected chi connectivity index (χ1v) is 5.21. The Hall–Kier alpha value is -0.900. The number of unbranched alkanes of at least 4 members (excludes halogenated alkanes) is 1. The van der Waals surface area contributed by atoms with Crippen LogP contribution in [0.15, 0.2) is 6.33 Å². The zero-order valence-corrected chi connectivity index (χ0v) is 8.98. The van der Waals surface area contributed by atoms with Gasteiger partial charge in [0, 0.05) is 19.6 Å². The summed E-state index contributed by atoms with van der Waals surface area (Å²) in [4.78, 5) is 4.21. The molecule has 0 bridgehead atoms. The second-order valence-corrected chi connectivity index (χ2v) is 3.93. The van der Waals surface area contributed by atoms with Gasteiger partial charge in [0.1, 0.15) is 12.2 Å². The average Bonchev–Trinajstić information content (AvgIpc) is 2.52. The van der Waals surface area contributed by atoms with Crippen LogP contribution in [0.4, 0.5) is 0 Å². The number of rotatable bonds is 6. The molecule has 1 rings (SSSR count). The Labute approximate surface area is 85.0 Å². The monoisotopic (exact) mass is 197 g/mol. The molecule has 14 heavy (non-hydrogen) atoms. The van der Waals surface area contributed by atoms with Crippen molar-refractivity contribution in [3.63, 3.8) is 0 Å². The lowest BCUT2D eigenvalue weighted by molar-refractivity contribution is 0.283. The number of aliphatic hydroxyl groups excluding tert-OH is 1. The first-order chi connectivity index (χ1) is 6.74. The third-order valence-electron chi connectivity index (χ3n) is 2.04. The SMILES string of the molecule is CC(C)Cn1ncnc1CCCCO. The number of nitrogens with zero attached hydrogens (tertiary/aromatic N) is 3. The molecular weight excluding hydrogens is 178 g/mol. The van der Waals surface area contributed by atoms with E-state index in [1.54, 1.807) is 6.33 Å². The molecule has 0 fully saturated rings. The molecule has 0 aliphatic carbocycles. The van der Waals surface area contributed by atoms with E-state index >= 15 is 0 Å². The molecule has 4 heteroatoms. The lowest BCUT2D eigenvalue weighted by atomic mass is 10.2. The van der Waals surface area contributed by atoms with Crippen LogP contribution >= 0.6 is 0 Å². The van der Waals surface area contributed by atoms with Crippen LogP contribution in [-0.4, -0.2) is 26.5 Å². The molecule has 0 atom stereocenters. The quantitative estimate of drug-likeness (QED) is 0.698. The van der Waals surface area contributed by atoms with E-state index < -0.39 is 0 Å². The number of aryl methyl sites for hydroxylation is 1. The summed E-state index contributed by atoms with van der Waals surface area (Å²) in [5, 5.41) is 12.8. The number of hydrogen-bond donors (Lipinski definition) is 1. The fraction of sp³-hybridized carbons (Fsp3) is 0.800. The van der Waals surface area contributed by atoms with Gasteiger partial charge in [-0.25, -0.2) is 9.67 Å². The van der Waals surface area contributed by atoms with Crippen LogP contribution < -0.4 is 0 Å². The summed E-state index contributed by atoms with van der Waals surface area (Å²) in [5.74, 6) is 1.63. The van der Waals surface area contributed by atoms with Gasteiger partial charge in [0.05, 0.1) is 0 Å². The molecule has 0 saturated carbocycles. The molecule has 0 saturated heterocycles. The van der Waals surface area contributed by atoms with Gasteiger partial charge in [-0.15, -0.1) is 0 Å². The lowest BCUT2D eigenvalue weighted by Crippen LogP contribution is -2.10. The van der Waals surface area contributed by atoms with Crippen molar-refractivity contribution in [2.45, 2.75) is 39.7 Å². The molecule has 0 aliphatic heterocycles. The normalized spacial score (nSPS) is 11.1. The first kappa shape index (κ1) is 11.2. The minimum atomic E-state index is 0.262. The summed E-state index contributed by atoms with van der Waals surface area (Å²) in [5.41, 5.74) is 0. The van der Waals surface area contributed by atoms with E-state index in [0.717, 1.165) is 31.6 Å². The van der Waals surface area contributed by atoms with Crippen LogP contribution in [-0.2, 0) is 13.0 Å². The Morgan fingerprint density at radius 2 is 2.21 bits per heavy atom. The van der Waals surface area contributed by atoms with Crippen molar-refractivity contribution in [2.75, 3.05) is 6.61 Å². The Morgan fingerprint density at radius 1 is 1.43 bits per heavy atom. The highest BCUT2D eigenvalue weighted by molar-refractivity contribution is 4.84. The van der Waals surface area contributed by atoms with Crippen molar-refractivity contribution >= 4 is 0 Å². The van der Waals surface area contributed by atoms with Crippen LogP contribution in [0.25, 0.3) is 0 Å². The van der Waals surface area contributed by atoms with Gasteiger partial charge in [0.15, 0.2) is 0 Å². The molecule has 0 spiro atoms. The van der Waals surface area contributed by atoms with Crippen LogP contribution in [0.5, 0.6) is 0 Å². The zero-order chi connectivity index (χ0) is 10.4. The smallest absolute Gasteiger partial charge is 0.138 e. The molecule has 0 unspecified atom stereocenters. The fourth-order valence-corrected chi connectivity index (χ4v) is 1.38. The summed E-state index contributed by atoms with van der Waals surface area (Å²) in [6, 6.07) is 0. The lowest BCUT2D eigenvalue weighted by Gasteiger charge is -2.07. The molecule has 1 aromatic heterocycles. The van der Waals surface area contributed by atoms with Crippen LogP contribution in [0.1, 0.15) is 32.5 Å². The number of aromatic nitrogens is 3. The van der Waals surface area contributed by atoms with E-state index in [0.29, 0.717) is 5.92 Å². The standard InChI is InChI=1S/C10H19N3O/c1-9(2)7-13-10(11-8-12-13)5-3-4-6-14/h8-9,14H,3-7H2,1-2H3. The number of aliphatic hydroxyl groups is 1. The minimum absolute atomic E-state index is 0.262. The van der Waals surface area contributed by atoms with Crippen molar-refractivity contribution in [3.8, 4) is 0 Å². The molecular formula is C10H19N3O. The van der Waals surface area contributed by atoms with Gasteiger partial charge in [-0.1, -0.05) is 13.8 Å². The molecule has 0 aromatic carbocycles. The maximum atomic E-state index is 8.67. The highest BCUT2D eigenvalue weighted by Gasteiger charge is 2.05. The first-order valence-electron chi connectivity index (χ1n) is 5.21. The Morgan fingerprint density at radius 3 is 2.86 bits per heavy atom. The largest absolute Gasteiger partial charge is 0.396 e. The van der Waals surface area contributed by atoms with Crippen molar-refractivity contribution < 1.29 is 5.11 Å². The van der Waals surface area contributed by atoms with E-state index in [2.05, 4.69) is 23.9 Å².